The topological polar surface area (TPSA) is 41.9 Å². The molecular weight excluding hydrogens is 252 g/mol. The molecule has 2 rings (SSSR count). The number of carbonyl (C=O) groups excluding carboxylic acids is 1. The minimum Gasteiger partial charge on any atom is -0.493 e. The first kappa shape index (κ1) is 14.6. The summed E-state index contributed by atoms with van der Waals surface area (Å²) in [5, 5.41) is 5.99. The number of hydrazone groups is 1. The summed E-state index contributed by atoms with van der Waals surface area (Å²) < 4.78 is 5.72. The highest BCUT2D eigenvalue weighted by Gasteiger charge is 2.23. The number of nitrogens with zero attached hydrogens (tertiary/aromatic N) is 2. The van der Waals surface area contributed by atoms with E-state index in [0.29, 0.717) is 19.6 Å². The van der Waals surface area contributed by atoms with Gasteiger partial charge in [-0.1, -0.05) is 38.5 Å². The summed E-state index contributed by atoms with van der Waals surface area (Å²) in [6, 6.07) is 7.85. The first-order valence-corrected chi connectivity index (χ1v) is 7.32. The van der Waals surface area contributed by atoms with Crippen LogP contribution in [0.25, 0.3) is 0 Å². The quantitative estimate of drug-likeness (QED) is 0.765. The van der Waals surface area contributed by atoms with Crippen molar-refractivity contribution in [2.45, 2.75) is 46.1 Å². The van der Waals surface area contributed by atoms with Crippen LogP contribution in [0.15, 0.2) is 29.4 Å². The van der Waals surface area contributed by atoms with Gasteiger partial charge in [0.05, 0.1) is 19.6 Å². The van der Waals surface area contributed by atoms with E-state index in [1.807, 2.05) is 24.3 Å². The molecule has 20 heavy (non-hydrogen) atoms. The molecule has 0 saturated carbocycles. The predicted octanol–water partition coefficient (Wildman–Crippen LogP) is 3.36. The van der Waals surface area contributed by atoms with E-state index in [1.54, 1.807) is 5.01 Å². The molecule has 0 aliphatic carbocycles. The Bertz CT molecular complexity index is 497. The second-order valence-electron chi connectivity index (χ2n) is 5.00. The van der Waals surface area contributed by atoms with Gasteiger partial charge in [0.25, 0.3) is 0 Å². The van der Waals surface area contributed by atoms with Crippen LogP contribution in [0.3, 0.4) is 0 Å². The van der Waals surface area contributed by atoms with Crippen LogP contribution in [0.4, 0.5) is 0 Å². The Balaban J connectivity index is 2.08. The highest BCUT2D eigenvalue weighted by molar-refractivity contribution is 6.04. The van der Waals surface area contributed by atoms with E-state index in [0.717, 1.165) is 36.3 Å². The maximum atomic E-state index is 12.0. The Morgan fingerprint density at radius 1 is 1.25 bits per heavy atom. The molecule has 1 aromatic rings. The van der Waals surface area contributed by atoms with Crippen LogP contribution in [-0.2, 0) is 11.3 Å². The normalized spacial score (nSPS) is 14.6. The maximum Gasteiger partial charge on any atom is 0.248 e. The lowest BCUT2D eigenvalue weighted by atomic mass is 10.1. The molecule has 4 heteroatoms. The van der Waals surface area contributed by atoms with E-state index in [1.165, 1.54) is 0 Å². The molecule has 1 heterocycles. The van der Waals surface area contributed by atoms with Crippen LogP contribution >= 0.6 is 0 Å². The molecule has 1 aromatic carbocycles. The van der Waals surface area contributed by atoms with Gasteiger partial charge in [0, 0.05) is 11.3 Å². The van der Waals surface area contributed by atoms with Crippen LogP contribution in [0.1, 0.15) is 45.1 Å². The summed E-state index contributed by atoms with van der Waals surface area (Å²) in [7, 11) is 0. The number of ether oxygens (including phenoxy) is 1. The molecule has 108 valence electrons. The number of hydrogen-bond donors (Lipinski definition) is 0. The third-order valence-corrected chi connectivity index (χ3v) is 3.20. The molecule has 0 saturated heterocycles. The highest BCUT2D eigenvalue weighted by Crippen LogP contribution is 2.23. The lowest BCUT2D eigenvalue weighted by Gasteiger charge is -2.15. The van der Waals surface area contributed by atoms with Gasteiger partial charge in [-0.15, -0.1) is 0 Å². The summed E-state index contributed by atoms with van der Waals surface area (Å²) in [5.74, 6) is 0.931. The molecule has 0 fully saturated rings. The van der Waals surface area contributed by atoms with Crippen LogP contribution in [0.5, 0.6) is 5.75 Å². The van der Waals surface area contributed by atoms with Gasteiger partial charge in [-0.2, -0.15) is 5.10 Å². The number of amides is 1. The smallest absolute Gasteiger partial charge is 0.248 e. The molecule has 4 nitrogen and oxygen atoms in total. The monoisotopic (exact) mass is 274 g/mol. The number of rotatable bonds is 7. The molecule has 1 aliphatic heterocycles. The van der Waals surface area contributed by atoms with Crippen LogP contribution in [-0.4, -0.2) is 23.2 Å². The molecule has 0 atom stereocenters. The average molecular weight is 274 g/mol. The van der Waals surface area contributed by atoms with E-state index in [2.05, 4.69) is 18.9 Å². The van der Waals surface area contributed by atoms with Gasteiger partial charge in [0.2, 0.25) is 5.91 Å². The molecule has 0 aromatic heterocycles. The Morgan fingerprint density at radius 2 is 2.05 bits per heavy atom. The van der Waals surface area contributed by atoms with Gasteiger partial charge >= 0.3 is 0 Å². The van der Waals surface area contributed by atoms with Crippen LogP contribution in [0.2, 0.25) is 0 Å². The maximum absolute atomic E-state index is 12.0. The molecule has 1 aliphatic rings. The minimum atomic E-state index is 0.0822. The first-order chi connectivity index (χ1) is 9.74. The number of benzene rings is 1. The summed E-state index contributed by atoms with van der Waals surface area (Å²) in [4.78, 5) is 12.0. The van der Waals surface area contributed by atoms with Crippen molar-refractivity contribution >= 4 is 11.6 Å². The fourth-order valence-corrected chi connectivity index (χ4v) is 2.23. The van der Waals surface area contributed by atoms with Crippen molar-refractivity contribution < 1.29 is 9.53 Å². The summed E-state index contributed by atoms with van der Waals surface area (Å²) in [5.41, 5.74) is 2.00. The second kappa shape index (κ2) is 7.08. The van der Waals surface area contributed by atoms with Crippen molar-refractivity contribution in [1.29, 1.82) is 0 Å². The highest BCUT2D eigenvalue weighted by atomic mass is 16.5. The van der Waals surface area contributed by atoms with E-state index in [9.17, 15) is 4.79 Å². The first-order valence-electron chi connectivity index (χ1n) is 7.32. The third kappa shape index (κ3) is 3.59. The fraction of sp³-hybridized carbons (Fsp3) is 0.500. The van der Waals surface area contributed by atoms with Gasteiger partial charge in [0.15, 0.2) is 0 Å². The predicted molar refractivity (Wildman–Crippen MR) is 79.7 cm³/mol. The fourth-order valence-electron chi connectivity index (χ4n) is 2.23. The summed E-state index contributed by atoms with van der Waals surface area (Å²) in [6.45, 7) is 5.36. The molecule has 0 bridgehead atoms. The molecule has 0 N–H and O–H groups in total. The Morgan fingerprint density at radius 3 is 2.80 bits per heavy atom. The van der Waals surface area contributed by atoms with Gasteiger partial charge in [-0.05, 0) is 18.9 Å². The lowest BCUT2D eigenvalue weighted by Crippen LogP contribution is -2.20. The number of hydrogen-bond acceptors (Lipinski definition) is 3. The Kier molecular flexibility index (Phi) is 5.16. The largest absolute Gasteiger partial charge is 0.493 e. The Hall–Kier alpha value is -1.84. The van der Waals surface area contributed by atoms with E-state index >= 15 is 0 Å². The lowest BCUT2D eigenvalue weighted by molar-refractivity contribution is -0.129. The van der Waals surface area contributed by atoms with E-state index in [-0.39, 0.29) is 5.91 Å². The molecule has 0 spiro atoms. The van der Waals surface area contributed by atoms with Crippen molar-refractivity contribution in [3.05, 3.63) is 29.8 Å². The zero-order chi connectivity index (χ0) is 14.4. The van der Waals surface area contributed by atoms with Crippen molar-refractivity contribution in [2.75, 3.05) is 6.61 Å². The van der Waals surface area contributed by atoms with E-state index in [4.69, 9.17) is 4.74 Å². The molecule has 0 unspecified atom stereocenters. The standard InChI is InChI=1S/C16H22N2O2/c1-3-7-14-11-16(19)18(17-14)12-13-8-5-6-9-15(13)20-10-4-2/h5-6,8-9H,3-4,7,10-12H2,1-2H3. The van der Waals surface area contributed by atoms with Crippen molar-refractivity contribution in [3.8, 4) is 5.75 Å². The van der Waals surface area contributed by atoms with Crippen molar-refractivity contribution in [1.82, 2.24) is 5.01 Å². The van der Waals surface area contributed by atoms with E-state index < -0.39 is 0 Å². The van der Waals surface area contributed by atoms with Crippen molar-refractivity contribution in [3.63, 3.8) is 0 Å². The molecular formula is C16H22N2O2. The van der Waals surface area contributed by atoms with Gasteiger partial charge in [-0.25, -0.2) is 5.01 Å². The van der Waals surface area contributed by atoms with Crippen LogP contribution in [0, 0.1) is 0 Å². The van der Waals surface area contributed by atoms with Gasteiger partial charge in [-0.3, -0.25) is 4.79 Å². The molecule has 0 radical (unpaired) electrons. The van der Waals surface area contributed by atoms with Crippen LogP contribution < -0.4 is 4.74 Å². The zero-order valence-corrected chi connectivity index (χ0v) is 12.3. The summed E-state index contributed by atoms with van der Waals surface area (Å²) in [6.07, 6.45) is 3.36. The summed E-state index contributed by atoms with van der Waals surface area (Å²) >= 11 is 0. The number of para-hydroxylation sites is 1. The average Bonchev–Trinajstić information content (AvgIpc) is 2.78. The number of carbonyl (C=O) groups is 1. The SMILES string of the molecule is CCCOc1ccccc1CN1N=C(CCC)CC1=O. The minimum absolute atomic E-state index is 0.0822. The third-order valence-electron chi connectivity index (χ3n) is 3.20. The second-order valence-corrected chi connectivity index (χ2v) is 5.00. The van der Waals surface area contributed by atoms with Gasteiger partial charge < -0.3 is 4.74 Å². The Labute approximate surface area is 120 Å². The van der Waals surface area contributed by atoms with Crippen molar-refractivity contribution in [2.24, 2.45) is 5.10 Å². The molecule has 1 amide bonds. The van der Waals surface area contributed by atoms with Gasteiger partial charge in [0.1, 0.15) is 5.75 Å². The zero-order valence-electron chi connectivity index (χ0n) is 12.3.